The first-order chi connectivity index (χ1) is 10.9. The summed E-state index contributed by atoms with van der Waals surface area (Å²) in [4.78, 5) is 24.5. The van der Waals surface area contributed by atoms with Crippen molar-refractivity contribution in [2.75, 3.05) is 19.0 Å². The normalized spacial score (nSPS) is 10.7. The highest BCUT2D eigenvalue weighted by Crippen LogP contribution is 2.28. The number of hydrogen-bond donors (Lipinski definition) is 0. The molecule has 0 N–H and O–H groups in total. The Morgan fingerprint density at radius 3 is 2.57 bits per heavy atom. The number of nitro benzene ring substituents is 1. The lowest BCUT2D eigenvalue weighted by molar-refractivity contribution is -0.384. The van der Waals surface area contributed by atoms with E-state index in [-0.39, 0.29) is 11.5 Å². The summed E-state index contributed by atoms with van der Waals surface area (Å²) < 4.78 is 0. The number of nitrogens with zero attached hydrogens (tertiary/aromatic N) is 2. The van der Waals surface area contributed by atoms with Crippen LogP contribution in [0.1, 0.15) is 15.9 Å². The Bertz CT molecular complexity index is 785. The van der Waals surface area contributed by atoms with Crippen molar-refractivity contribution >= 4 is 34.8 Å². The summed E-state index contributed by atoms with van der Waals surface area (Å²) in [6.07, 6.45) is 2.93. The molecular weight excluding hydrogens is 316 g/mol. The number of nitro groups is 1. The Balaban J connectivity index is 2.27. The molecule has 0 unspecified atom stereocenters. The average Bonchev–Trinajstić information content (AvgIpc) is 2.52. The molecule has 0 spiro atoms. The lowest BCUT2D eigenvalue weighted by Gasteiger charge is -2.12. The molecule has 0 amide bonds. The molecule has 5 nitrogen and oxygen atoms in total. The molecule has 0 aromatic heterocycles. The van der Waals surface area contributed by atoms with Crippen molar-refractivity contribution < 1.29 is 9.72 Å². The first-order valence-electron chi connectivity index (χ1n) is 6.82. The molecule has 0 aliphatic carbocycles. The largest absolute Gasteiger partial charge is 0.372 e. The van der Waals surface area contributed by atoms with E-state index in [0.717, 1.165) is 0 Å². The highest BCUT2D eigenvalue weighted by molar-refractivity contribution is 6.31. The fourth-order valence-electron chi connectivity index (χ4n) is 2.08. The Morgan fingerprint density at radius 2 is 1.96 bits per heavy atom. The van der Waals surface area contributed by atoms with Crippen LogP contribution in [-0.2, 0) is 0 Å². The summed E-state index contributed by atoms with van der Waals surface area (Å²) in [5.74, 6) is -0.216. The number of carbonyl (C=O) groups excluding carboxylic acids is 1. The average molecular weight is 331 g/mol. The van der Waals surface area contributed by atoms with Gasteiger partial charge in [-0.1, -0.05) is 35.9 Å². The zero-order valence-corrected chi connectivity index (χ0v) is 13.4. The monoisotopic (exact) mass is 330 g/mol. The van der Waals surface area contributed by atoms with E-state index in [1.54, 1.807) is 61.5 Å². The van der Waals surface area contributed by atoms with Crippen molar-refractivity contribution in [1.82, 2.24) is 0 Å². The van der Waals surface area contributed by atoms with Crippen LogP contribution in [0.25, 0.3) is 6.08 Å². The molecule has 0 saturated carbocycles. The van der Waals surface area contributed by atoms with Gasteiger partial charge in [0.25, 0.3) is 5.69 Å². The number of carbonyl (C=O) groups is 1. The van der Waals surface area contributed by atoms with Crippen molar-refractivity contribution in [1.29, 1.82) is 0 Å². The predicted molar refractivity (Wildman–Crippen MR) is 92.2 cm³/mol. The smallest absolute Gasteiger partial charge is 0.293 e. The third-order valence-electron chi connectivity index (χ3n) is 3.21. The van der Waals surface area contributed by atoms with Crippen LogP contribution in [0.2, 0.25) is 5.02 Å². The summed E-state index contributed by atoms with van der Waals surface area (Å²) in [6.45, 7) is 0. The van der Waals surface area contributed by atoms with E-state index < -0.39 is 4.92 Å². The van der Waals surface area contributed by atoms with Gasteiger partial charge in [-0.25, -0.2) is 0 Å². The van der Waals surface area contributed by atoms with Crippen LogP contribution in [0, 0.1) is 10.1 Å². The molecule has 0 bridgehead atoms. The maximum atomic E-state index is 12.1. The molecule has 0 atom stereocenters. The minimum atomic E-state index is -0.439. The molecule has 0 aliphatic rings. The van der Waals surface area contributed by atoms with Crippen LogP contribution in [0.3, 0.4) is 0 Å². The first kappa shape index (κ1) is 16.7. The highest BCUT2D eigenvalue weighted by Gasteiger charge is 2.15. The predicted octanol–water partition coefficient (Wildman–Crippen LogP) is 4.21. The van der Waals surface area contributed by atoms with Gasteiger partial charge in [-0.2, -0.15) is 0 Å². The van der Waals surface area contributed by atoms with Gasteiger partial charge in [0.15, 0.2) is 5.78 Å². The first-order valence-corrected chi connectivity index (χ1v) is 7.20. The van der Waals surface area contributed by atoms with Crippen LogP contribution in [0.15, 0.2) is 48.5 Å². The number of anilines is 1. The summed E-state index contributed by atoms with van der Waals surface area (Å²) >= 11 is 5.85. The summed E-state index contributed by atoms with van der Waals surface area (Å²) in [7, 11) is 3.47. The van der Waals surface area contributed by atoms with E-state index in [9.17, 15) is 14.9 Å². The minimum Gasteiger partial charge on any atom is -0.372 e. The van der Waals surface area contributed by atoms with E-state index >= 15 is 0 Å². The van der Waals surface area contributed by atoms with Crippen molar-refractivity contribution in [3.8, 4) is 0 Å². The molecule has 2 aromatic carbocycles. The molecule has 2 rings (SSSR count). The fourth-order valence-corrected chi connectivity index (χ4v) is 2.27. The molecule has 0 fully saturated rings. The number of benzene rings is 2. The van der Waals surface area contributed by atoms with Gasteiger partial charge in [0.1, 0.15) is 5.69 Å². The Kier molecular flexibility index (Phi) is 5.13. The summed E-state index contributed by atoms with van der Waals surface area (Å²) in [5, 5.41) is 11.6. The second kappa shape index (κ2) is 7.07. The fraction of sp³-hybridized carbons (Fsp3) is 0.118. The molecule has 2 aromatic rings. The van der Waals surface area contributed by atoms with Crippen molar-refractivity contribution in [2.24, 2.45) is 0 Å². The molecule has 118 valence electrons. The summed E-state index contributed by atoms with van der Waals surface area (Å²) in [5.41, 5.74) is 1.55. The van der Waals surface area contributed by atoms with Gasteiger partial charge in [-0.15, -0.1) is 0 Å². The Labute approximate surface area is 139 Å². The van der Waals surface area contributed by atoms with Crippen LogP contribution in [0.5, 0.6) is 0 Å². The standard InChI is InChI=1S/C17H15ClN2O3/c1-19(2)15-8-6-12(10-16(15)20(22)23)7-9-17(21)13-4-3-5-14(18)11-13/h3-11H,1-2H3/b9-7+. The Hall–Kier alpha value is -2.66. The topological polar surface area (TPSA) is 63.5 Å². The van der Waals surface area contributed by atoms with Crippen molar-refractivity contribution in [3.63, 3.8) is 0 Å². The van der Waals surface area contributed by atoms with Gasteiger partial charge >= 0.3 is 0 Å². The molecule has 0 radical (unpaired) electrons. The zero-order chi connectivity index (χ0) is 17.0. The van der Waals surface area contributed by atoms with Gasteiger partial charge in [0.2, 0.25) is 0 Å². The van der Waals surface area contributed by atoms with Crippen LogP contribution < -0.4 is 4.90 Å². The number of halogens is 1. The van der Waals surface area contributed by atoms with E-state index in [4.69, 9.17) is 11.6 Å². The van der Waals surface area contributed by atoms with Gasteiger partial charge in [-0.05, 0) is 29.8 Å². The van der Waals surface area contributed by atoms with Gasteiger partial charge in [0, 0.05) is 30.7 Å². The van der Waals surface area contributed by atoms with E-state index in [1.807, 2.05) is 0 Å². The van der Waals surface area contributed by atoms with E-state index in [1.165, 1.54) is 12.1 Å². The third kappa shape index (κ3) is 4.17. The molecule has 0 aliphatic heterocycles. The molecule has 0 heterocycles. The third-order valence-corrected chi connectivity index (χ3v) is 3.45. The second-order valence-corrected chi connectivity index (χ2v) is 5.54. The number of hydrogen-bond acceptors (Lipinski definition) is 4. The lowest BCUT2D eigenvalue weighted by Crippen LogP contribution is -2.10. The number of allylic oxidation sites excluding steroid dienone is 1. The van der Waals surface area contributed by atoms with E-state index in [2.05, 4.69) is 0 Å². The van der Waals surface area contributed by atoms with Crippen LogP contribution in [-0.4, -0.2) is 24.8 Å². The highest BCUT2D eigenvalue weighted by atomic mass is 35.5. The Morgan fingerprint density at radius 1 is 1.22 bits per heavy atom. The van der Waals surface area contributed by atoms with Crippen LogP contribution >= 0.6 is 11.6 Å². The lowest BCUT2D eigenvalue weighted by atomic mass is 10.1. The second-order valence-electron chi connectivity index (χ2n) is 5.11. The maximum absolute atomic E-state index is 12.1. The van der Waals surface area contributed by atoms with Gasteiger partial charge in [-0.3, -0.25) is 14.9 Å². The molecular formula is C17H15ClN2O3. The number of ketones is 1. The van der Waals surface area contributed by atoms with Crippen LogP contribution in [0.4, 0.5) is 11.4 Å². The SMILES string of the molecule is CN(C)c1ccc(/C=C/C(=O)c2cccc(Cl)c2)cc1[N+](=O)[O-]. The molecule has 6 heteroatoms. The maximum Gasteiger partial charge on any atom is 0.293 e. The summed E-state index contributed by atoms with van der Waals surface area (Å²) in [6, 6.07) is 11.4. The quantitative estimate of drug-likeness (QED) is 0.356. The zero-order valence-electron chi connectivity index (χ0n) is 12.7. The van der Waals surface area contributed by atoms with Crippen molar-refractivity contribution in [3.05, 3.63) is 74.8 Å². The van der Waals surface area contributed by atoms with E-state index in [0.29, 0.717) is 21.8 Å². The van der Waals surface area contributed by atoms with Gasteiger partial charge < -0.3 is 4.90 Å². The molecule has 0 saturated heterocycles. The van der Waals surface area contributed by atoms with Crippen molar-refractivity contribution in [2.45, 2.75) is 0 Å². The van der Waals surface area contributed by atoms with Gasteiger partial charge in [0.05, 0.1) is 4.92 Å². The number of rotatable bonds is 5. The molecule has 23 heavy (non-hydrogen) atoms. The minimum absolute atomic E-state index is 0.00708.